The maximum atomic E-state index is 11.1. The lowest BCUT2D eigenvalue weighted by Crippen LogP contribution is -2.19. The minimum atomic E-state index is -1.08. The van der Waals surface area contributed by atoms with E-state index in [2.05, 4.69) is 22.4 Å². The number of nitrogens with zero attached hydrogens (tertiary/aromatic N) is 4. The van der Waals surface area contributed by atoms with Gasteiger partial charge in [0.15, 0.2) is 0 Å². The number of carbonyl (C=O) groups excluding carboxylic acids is 1. The Balaban J connectivity index is 1.89. The summed E-state index contributed by atoms with van der Waals surface area (Å²) in [6.45, 7) is 5.76. The third-order valence-electron chi connectivity index (χ3n) is 3.28. The third kappa shape index (κ3) is 4.77. The highest BCUT2D eigenvalue weighted by Crippen LogP contribution is 2.20. The molecule has 0 saturated carbocycles. The maximum absolute atomic E-state index is 11.1. The van der Waals surface area contributed by atoms with E-state index in [1.165, 1.54) is 29.8 Å². The summed E-state index contributed by atoms with van der Waals surface area (Å²) in [6.07, 6.45) is -0.428. The van der Waals surface area contributed by atoms with Crippen LogP contribution in [-0.4, -0.2) is 49.7 Å². The second-order valence-corrected chi connectivity index (χ2v) is 6.25. The monoisotopic (exact) mass is 336 g/mol. The molecule has 1 aromatic heterocycles. The van der Waals surface area contributed by atoms with E-state index < -0.39 is 12.1 Å². The highest BCUT2D eigenvalue weighted by atomic mass is 32.2. The van der Waals surface area contributed by atoms with Gasteiger partial charge in [0.05, 0.1) is 12.3 Å². The van der Waals surface area contributed by atoms with Crippen LogP contribution in [0.5, 0.6) is 0 Å². The predicted octanol–water partition coefficient (Wildman–Crippen LogP) is 1.69. The average molecular weight is 336 g/mol. The molecule has 1 N–H and O–H groups in total. The van der Waals surface area contributed by atoms with Crippen molar-refractivity contribution in [2.75, 3.05) is 12.4 Å². The number of hydrogen-bond acceptors (Lipinski definition) is 7. The molecule has 0 aliphatic heterocycles. The molecule has 1 atom stereocenters. The van der Waals surface area contributed by atoms with Crippen molar-refractivity contribution in [1.82, 2.24) is 20.2 Å². The van der Waals surface area contributed by atoms with Crippen molar-refractivity contribution in [2.24, 2.45) is 0 Å². The summed E-state index contributed by atoms with van der Waals surface area (Å²) in [5.41, 5.74) is 3.32. The second-order valence-electron chi connectivity index (χ2n) is 5.19. The first-order chi connectivity index (χ1) is 11.0. The first-order valence-electron chi connectivity index (χ1n) is 7.32. The van der Waals surface area contributed by atoms with E-state index in [4.69, 9.17) is 9.84 Å². The topological polar surface area (TPSA) is 90.1 Å². The van der Waals surface area contributed by atoms with E-state index in [9.17, 15) is 4.79 Å². The van der Waals surface area contributed by atoms with Crippen LogP contribution in [-0.2, 0) is 9.53 Å². The van der Waals surface area contributed by atoms with Crippen LogP contribution in [0.4, 0.5) is 0 Å². The van der Waals surface area contributed by atoms with Crippen LogP contribution in [0.3, 0.4) is 0 Å². The highest BCUT2D eigenvalue weighted by molar-refractivity contribution is 7.99. The van der Waals surface area contributed by atoms with Crippen LogP contribution in [0.1, 0.15) is 24.5 Å². The Morgan fingerprint density at radius 2 is 2.17 bits per heavy atom. The number of hydrogen-bond donors (Lipinski definition) is 1. The SMILES string of the molecule is Cc1ccc(-n2nnnc2SCCCOC(=O)[C@@H](C)O)cc1C. The van der Waals surface area contributed by atoms with Gasteiger partial charge in [-0.25, -0.2) is 4.79 Å². The van der Waals surface area contributed by atoms with Crippen molar-refractivity contribution in [2.45, 2.75) is 38.5 Å². The zero-order valence-corrected chi connectivity index (χ0v) is 14.2. The van der Waals surface area contributed by atoms with Gasteiger partial charge in [-0.3, -0.25) is 0 Å². The van der Waals surface area contributed by atoms with Crippen molar-refractivity contribution in [3.63, 3.8) is 0 Å². The quantitative estimate of drug-likeness (QED) is 0.467. The average Bonchev–Trinajstić information content (AvgIpc) is 2.97. The Labute approximate surface area is 139 Å². The largest absolute Gasteiger partial charge is 0.464 e. The Bertz CT molecular complexity index is 672. The first-order valence-corrected chi connectivity index (χ1v) is 8.31. The fourth-order valence-corrected chi connectivity index (χ4v) is 2.61. The van der Waals surface area contributed by atoms with E-state index in [-0.39, 0.29) is 6.61 Å². The van der Waals surface area contributed by atoms with Crippen LogP contribution in [0.15, 0.2) is 23.4 Å². The molecular formula is C15H20N4O3S. The van der Waals surface area contributed by atoms with E-state index in [1.54, 1.807) is 4.68 Å². The molecule has 0 aliphatic carbocycles. The number of thioether (sulfide) groups is 1. The number of aliphatic hydroxyl groups excluding tert-OH is 1. The maximum Gasteiger partial charge on any atom is 0.334 e. The minimum Gasteiger partial charge on any atom is -0.464 e. The molecule has 0 unspecified atom stereocenters. The summed E-state index contributed by atoms with van der Waals surface area (Å²) in [4.78, 5) is 11.1. The number of aryl methyl sites for hydroxylation is 2. The summed E-state index contributed by atoms with van der Waals surface area (Å²) in [7, 11) is 0. The van der Waals surface area contributed by atoms with E-state index in [0.717, 1.165) is 5.69 Å². The van der Waals surface area contributed by atoms with Crippen LogP contribution < -0.4 is 0 Å². The van der Waals surface area contributed by atoms with Gasteiger partial charge >= 0.3 is 5.97 Å². The van der Waals surface area contributed by atoms with Crippen LogP contribution in [0.25, 0.3) is 5.69 Å². The lowest BCUT2D eigenvalue weighted by molar-refractivity contribution is -0.152. The van der Waals surface area contributed by atoms with Gasteiger partial charge in [-0.1, -0.05) is 17.8 Å². The summed E-state index contributed by atoms with van der Waals surface area (Å²) >= 11 is 1.49. The molecule has 0 amide bonds. The lowest BCUT2D eigenvalue weighted by Gasteiger charge is -2.07. The molecule has 8 heteroatoms. The fourth-order valence-electron chi connectivity index (χ4n) is 1.80. The lowest BCUT2D eigenvalue weighted by atomic mass is 10.1. The molecule has 2 aromatic rings. The van der Waals surface area contributed by atoms with Crippen LogP contribution in [0, 0.1) is 13.8 Å². The molecule has 2 rings (SSSR count). The normalized spacial score (nSPS) is 12.2. The fraction of sp³-hybridized carbons (Fsp3) is 0.467. The number of tetrazole rings is 1. The zero-order chi connectivity index (χ0) is 16.8. The van der Waals surface area contributed by atoms with Gasteiger partial charge in [0.2, 0.25) is 5.16 Å². The van der Waals surface area contributed by atoms with Gasteiger partial charge in [0.1, 0.15) is 6.10 Å². The van der Waals surface area contributed by atoms with Crippen molar-refractivity contribution >= 4 is 17.7 Å². The molecule has 23 heavy (non-hydrogen) atoms. The van der Waals surface area contributed by atoms with Crippen molar-refractivity contribution < 1.29 is 14.6 Å². The third-order valence-corrected chi connectivity index (χ3v) is 4.29. The van der Waals surface area contributed by atoms with Crippen molar-refractivity contribution in [3.05, 3.63) is 29.3 Å². The van der Waals surface area contributed by atoms with Crippen molar-refractivity contribution in [1.29, 1.82) is 0 Å². The molecule has 0 radical (unpaired) electrons. The van der Waals surface area contributed by atoms with E-state index >= 15 is 0 Å². The van der Waals surface area contributed by atoms with Crippen molar-refractivity contribution in [3.8, 4) is 5.69 Å². The predicted molar refractivity (Wildman–Crippen MR) is 86.6 cm³/mol. The molecule has 0 spiro atoms. The Morgan fingerprint density at radius 1 is 1.39 bits per heavy atom. The molecule has 0 fully saturated rings. The smallest absolute Gasteiger partial charge is 0.334 e. The van der Waals surface area contributed by atoms with Gasteiger partial charge in [-0.2, -0.15) is 4.68 Å². The number of aromatic nitrogens is 4. The number of esters is 1. The first kappa shape index (κ1) is 17.4. The molecule has 1 heterocycles. The second kappa shape index (κ2) is 8.07. The van der Waals surface area contributed by atoms with E-state index in [0.29, 0.717) is 17.3 Å². The Morgan fingerprint density at radius 3 is 2.87 bits per heavy atom. The molecule has 1 aromatic carbocycles. The highest BCUT2D eigenvalue weighted by Gasteiger charge is 2.11. The summed E-state index contributed by atoms with van der Waals surface area (Å²) < 4.78 is 6.60. The molecule has 124 valence electrons. The van der Waals surface area contributed by atoms with Crippen LogP contribution in [0.2, 0.25) is 0 Å². The molecule has 0 aliphatic rings. The molecule has 0 bridgehead atoms. The van der Waals surface area contributed by atoms with Crippen LogP contribution >= 0.6 is 11.8 Å². The molecule has 7 nitrogen and oxygen atoms in total. The van der Waals surface area contributed by atoms with Gasteiger partial charge in [-0.15, -0.1) is 5.10 Å². The van der Waals surface area contributed by atoms with Gasteiger partial charge < -0.3 is 9.84 Å². The number of benzene rings is 1. The molecular weight excluding hydrogens is 316 g/mol. The number of carbonyl (C=O) groups is 1. The number of ether oxygens (including phenoxy) is 1. The standard InChI is InChI=1S/C15H20N4O3S/c1-10-5-6-13(9-11(10)2)19-15(16-17-18-19)23-8-4-7-22-14(21)12(3)20/h5-6,9,12,20H,4,7-8H2,1-3H3/t12-/m1/s1. The Hall–Kier alpha value is -1.93. The summed E-state index contributed by atoms with van der Waals surface area (Å²) in [5, 5.41) is 21.5. The summed E-state index contributed by atoms with van der Waals surface area (Å²) in [6, 6.07) is 6.06. The Kier molecular flexibility index (Phi) is 6.12. The summed E-state index contributed by atoms with van der Waals surface area (Å²) in [5.74, 6) is 0.105. The van der Waals surface area contributed by atoms with Gasteiger partial charge in [-0.05, 0) is 60.9 Å². The van der Waals surface area contributed by atoms with Gasteiger partial charge in [0.25, 0.3) is 0 Å². The minimum absolute atomic E-state index is 0.266. The molecule has 0 saturated heterocycles. The zero-order valence-electron chi connectivity index (χ0n) is 13.4. The van der Waals surface area contributed by atoms with Gasteiger partial charge in [0, 0.05) is 5.75 Å². The number of aliphatic hydroxyl groups is 1. The van der Waals surface area contributed by atoms with E-state index in [1.807, 2.05) is 25.1 Å². The number of rotatable bonds is 7.